The van der Waals surface area contributed by atoms with Gasteiger partial charge in [0.2, 0.25) is 0 Å². The number of aryl methyl sites for hydroxylation is 1. The molecule has 5 heteroatoms. The molecule has 17 heavy (non-hydrogen) atoms. The fourth-order valence-electron chi connectivity index (χ4n) is 1.82. The molecule has 0 radical (unpaired) electrons. The smallest absolute Gasteiger partial charge is 0.146 e. The molecule has 0 amide bonds. The number of aromatic nitrogens is 4. The predicted octanol–water partition coefficient (Wildman–Crippen LogP) is 1.43. The molecule has 2 heterocycles. The first-order valence-corrected chi connectivity index (χ1v) is 5.94. The Hall–Kier alpha value is -1.62. The predicted molar refractivity (Wildman–Crippen MR) is 66.7 cm³/mol. The highest BCUT2D eigenvalue weighted by Crippen LogP contribution is 2.12. The summed E-state index contributed by atoms with van der Waals surface area (Å²) in [5, 5.41) is 7.40. The molecule has 0 spiro atoms. The molecular weight excluding hydrogens is 214 g/mol. The van der Waals surface area contributed by atoms with E-state index in [9.17, 15) is 0 Å². The van der Waals surface area contributed by atoms with E-state index in [4.69, 9.17) is 0 Å². The molecule has 2 aromatic rings. The Morgan fingerprint density at radius 1 is 1.47 bits per heavy atom. The van der Waals surface area contributed by atoms with Crippen molar-refractivity contribution in [1.29, 1.82) is 0 Å². The number of hydrogen-bond donors (Lipinski definition) is 1. The summed E-state index contributed by atoms with van der Waals surface area (Å²) in [4.78, 5) is 4.27. The molecular formula is C12H19N5. The first-order valence-electron chi connectivity index (χ1n) is 5.94. The van der Waals surface area contributed by atoms with Gasteiger partial charge < -0.3 is 9.88 Å². The maximum atomic E-state index is 4.27. The van der Waals surface area contributed by atoms with Gasteiger partial charge in [-0.05, 0) is 32.5 Å². The lowest BCUT2D eigenvalue weighted by atomic mass is 10.2. The van der Waals surface area contributed by atoms with Crippen LogP contribution in [0, 0.1) is 0 Å². The third kappa shape index (κ3) is 2.55. The van der Waals surface area contributed by atoms with Crippen molar-refractivity contribution in [3.63, 3.8) is 0 Å². The summed E-state index contributed by atoms with van der Waals surface area (Å²) in [6.45, 7) is 5.84. The zero-order valence-corrected chi connectivity index (χ0v) is 10.6. The van der Waals surface area contributed by atoms with Crippen LogP contribution in [-0.2, 0) is 13.1 Å². The van der Waals surface area contributed by atoms with Crippen LogP contribution in [0.5, 0.6) is 0 Å². The van der Waals surface area contributed by atoms with Gasteiger partial charge in [0.25, 0.3) is 0 Å². The van der Waals surface area contributed by atoms with Crippen LogP contribution in [0.2, 0.25) is 0 Å². The molecule has 0 saturated carbocycles. The van der Waals surface area contributed by atoms with Gasteiger partial charge in [-0.3, -0.25) is 0 Å². The number of nitrogens with one attached hydrogen (secondary N) is 1. The van der Waals surface area contributed by atoms with Crippen LogP contribution < -0.4 is 5.32 Å². The highest BCUT2D eigenvalue weighted by molar-refractivity contribution is 5.15. The third-order valence-corrected chi connectivity index (χ3v) is 3.03. The minimum atomic E-state index is 0.375. The van der Waals surface area contributed by atoms with Gasteiger partial charge >= 0.3 is 0 Å². The van der Waals surface area contributed by atoms with E-state index in [1.54, 1.807) is 6.33 Å². The SMILES string of the molecule is CCn1ncnc1Cn1ccc(C(C)NC)c1. The molecule has 1 atom stereocenters. The molecule has 0 saturated heterocycles. The van der Waals surface area contributed by atoms with Gasteiger partial charge in [0, 0.05) is 25.0 Å². The number of nitrogens with zero attached hydrogens (tertiary/aromatic N) is 4. The Bertz CT molecular complexity index is 471. The van der Waals surface area contributed by atoms with Crippen LogP contribution in [0.25, 0.3) is 0 Å². The zero-order valence-electron chi connectivity index (χ0n) is 10.6. The highest BCUT2D eigenvalue weighted by Gasteiger charge is 2.07. The molecule has 2 rings (SSSR count). The molecule has 5 nitrogen and oxygen atoms in total. The van der Waals surface area contributed by atoms with Gasteiger partial charge in [-0.2, -0.15) is 5.10 Å². The topological polar surface area (TPSA) is 47.7 Å². The summed E-state index contributed by atoms with van der Waals surface area (Å²) < 4.78 is 4.06. The van der Waals surface area contributed by atoms with E-state index in [0.29, 0.717) is 6.04 Å². The molecule has 0 aliphatic carbocycles. The lowest BCUT2D eigenvalue weighted by Crippen LogP contribution is -2.12. The van der Waals surface area contributed by atoms with E-state index >= 15 is 0 Å². The molecule has 1 unspecified atom stereocenters. The number of rotatable bonds is 5. The minimum absolute atomic E-state index is 0.375. The number of hydrogen-bond acceptors (Lipinski definition) is 3. The van der Waals surface area contributed by atoms with Crippen LogP contribution in [0.1, 0.15) is 31.3 Å². The highest BCUT2D eigenvalue weighted by atomic mass is 15.3. The summed E-state index contributed by atoms with van der Waals surface area (Å²) in [6.07, 6.45) is 5.84. The van der Waals surface area contributed by atoms with Crippen molar-refractivity contribution >= 4 is 0 Å². The molecule has 2 aromatic heterocycles. The van der Waals surface area contributed by atoms with Crippen LogP contribution in [0.4, 0.5) is 0 Å². The monoisotopic (exact) mass is 233 g/mol. The zero-order chi connectivity index (χ0) is 12.3. The van der Waals surface area contributed by atoms with E-state index in [1.807, 2.05) is 11.7 Å². The van der Waals surface area contributed by atoms with Crippen molar-refractivity contribution in [2.75, 3.05) is 7.05 Å². The Kier molecular flexibility index (Phi) is 3.58. The molecule has 1 N–H and O–H groups in total. The normalized spacial score (nSPS) is 12.9. The average Bonchev–Trinajstić information content (AvgIpc) is 2.97. The van der Waals surface area contributed by atoms with Gasteiger partial charge in [-0.25, -0.2) is 9.67 Å². The lowest BCUT2D eigenvalue weighted by Gasteiger charge is -2.07. The van der Waals surface area contributed by atoms with E-state index in [0.717, 1.165) is 18.9 Å². The molecule has 0 aliphatic rings. The molecule has 0 aliphatic heterocycles. The average molecular weight is 233 g/mol. The second-order valence-electron chi connectivity index (χ2n) is 4.12. The summed E-state index contributed by atoms with van der Waals surface area (Å²) in [7, 11) is 1.97. The Labute approximate surface area is 101 Å². The summed E-state index contributed by atoms with van der Waals surface area (Å²) in [5.74, 6) is 0.992. The van der Waals surface area contributed by atoms with E-state index < -0.39 is 0 Å². The minimum Gasteiger partial charge on any atom is -0.346 e. The van der Waals surface area contributed by atoms with Crippen LogP contribution in [-0.4, -0.2) is 26.4 Å². The van der Waals surface area contributed by atoms with Gasteiger partial charge in [0.1, 0.15) is 12.2 Å². The van der Waals surface area contributed by atoms with Gasteiger partial charge in [-0.1, -0.05) is 0 Å². The van der Waals surface area contributed by atoms with Crippen molar-refractivity contribution < 1.29 is 0 Å². The maximum absolute atomic E-state index is 4.27. The first kappa shape index (κ1) is 11.9. The molecule has 0 aromatic carbocycles. The quantitative estimate of drug-likeness (QED) is 0.850. The molecule has 0 bridgehead atoms. The standard InChI is InChI=1S/C12H19N5/c1-4-17-12(14-9-15-17)8-16-6-5-11(7-16)10(2)13-3/h5-7,9-10,13H,4,8H2,1-3H3. The lowest BCUT2D eigenvalue weighted by molar-refractivity contribution is 0.590. The van der Waals surface area contributed by atoms with Gasteiger partial charge in [0.15, 0.2) is 0 Å². The fourth-order valence-corrected chi connectivity index (χ4v) is 1.82. The largest absolute Gasteiger partial charge is 0.346 e. The summed E-state index contributed by atoms with van der Waals surface area (Å²) in [5.41, 5.74) is 1.29. The Balaban J connectivity index is 2.11. The van der Waals surface area contributed by atoms with Crippen LogP contribution in [0.3, 0.4) is 0 Å². The molecule has 0 fully saturated rings. The van der Waals surface area contributed by atoms with Gasteiger partial charge in [-0.15, -0.1) is 0 Å². The van der Waals surface area contributed by atoms with E-state index in [-0.39, 0.29) is 0 Å². The van der Waals surface area contributed by atoms with Crippen molar-refractivity contribution in [1.82, 2.24) is 24.6 Å². The second kappa shape index (κ2) is 5.14. The maximum Gasteiger partial charge on any atom is 0.146 e. The Morgan fingerprint density at radius 2 is 2.29 bits per heavy atom. The van der Waals surface area contributed by atoms with Crippen molar-refractivity contribution in [2.24, 2.45) is 0 Å². The van der Waals surface area contributed by atoms with Crippen molar-refractivity contribution in [3.05, 3.63) is 36.2 Å². The van der Waals surface area contributed by atoms with Crippen molar-refractivity contribution in [3.8, 4) is 0 Å². The second-order valence-corrected chi connectivity index (χ2v) is 4.12. The van der Waals surface area contributed by atoms with Crippen LogP contribution in [0.15, 0.2) is 24.8 Å². The Morgan fingerprint density at radius 3 is 3.00 bits per heavy atom. The van der Waals surface area contributed by atoms with E-state index in [1.165, 1.54) is 5.56 Å². The summed E-state index contributed by atoms with van der Waals surface area (Å²) in [6, 6.07) is 2.51. The first-order chi connectivity index (χ1) is 8.24. The summed E-state index contributed by atoms with van der Waals surface area (Å²) >= 11 is 0. The fraction of sp³-hybridized carbons (Fsp3) is 0.500. The van der Waals surface area contributed by atoms with Crippen molar-refractivity contribution in [2.45, 2.75) is 33.0 Å². The molecule has 92 valence electrons. The van der Waals surface area contributed by atoms with Crippen LogP contribution >= 0.6 is 0 Å². The van der Waals surface area contributed by atoms with E-state index in [2.05, 4.69) is 52.3 Å². The van der Waals surface area contributed by atoms with Gasteiger partial charge in [0.05, 0.1) is 6.54 Å². The third-order valence-electron chi connectivity index (χ3n) is 3.03.